The van der Waals surface area contributed by atoms with Crippen molar-refractivity contribution in [2.45, 2.75) is 23.8 Å². The zero-order chi connectivity index (χ0) is 18.7. The van der Waals surface area contributed by atoms with Crippen LogP contribution in [0.2, 0.25) is 0 Å². The van der Waals surface area contributed by atoms with Gasteiger partial charge in [-0.05, 0) is 46.1 Å². The van der Waals surface area contributed by atoms with Gasteiger partial charge in [-0.1, -0.05) is 0 Å². The second kappa shape index (κ2) is 7.85. The summed E-state index contributed by atoms with van der Waals surface area (Å²) < 4.78 is 27.5. The van der Waals surface area contributed by atoms with E-state index < -0.39 is 5.92 Å². The van der Waals surface area contributed by atoms with E-state index in [9.17, 15) is 13.6 Å². The first kappa shape index (κ1) is 19.0. The van der Waals surface area contributed by atoms with Gasteiger partial charge >= 0.3 is 0 Å². The van der Waals surface area contributed by atoms with E-state index in [1.807, 2.05) is 0 Å². The molecule has 0 spiro atoms. The lowest BCUT2D eigenvalue weighted by Crippen LogP contribution is -2.40. The van der Waals surface area contributed by atoms with Crippen molar-refractivity contribution in [1.29, 1.82) is 0 Å². The first-order chi connectivity index (χ1) is 12.4. The molecular formula is C16H16BrF2N5OS. The van der Waals surface area contributed by atoms with Crippen LogP contribution in [0.1, 0.15) is 23.2 Å². The van der Waals surface area contributed by atoms with Gasteiger partial charge in [0.1, 0.15) is 10.8 Å². The first-order valence-electron chi connectivity index (χ1n) is 7.80. The number of hydrogen-bond donors (Lipinski definition) is 2. The molecule has 6 nitrogen and oxygen atoms in total. The van der Waals surface area contributed by atoms with Crippen molar-refractivity contribution in [3.8, 4) is 0 Å². The normalized spacial score (nSPS) is 16.4. The Morgan fingerprint density at radius 1 is 1.31 bits per heavy atom. The number of nitrogens with one attached hydrogen (secondary N) is 1. The lowest BCUT2D eigenvalue weighted by atomic mass is 10.1. The van der Waals surface area contributed by atoms with Gasteiger partial charge in [-0.2, -0.15) is 0 Å². The molecule has 10 heteroatoms. The minimum atomic E-state index is -2.67. The molecule has 1 fully saturated rings. The van der Waals surface area contributed by atoms with Crippen LogP contribution >= 0.6 is 27.9 Å². The third-order valence-electron chi connectivity index (χ3n) is 3.99. The summed E-state index contributed by atoms with van der Waals surface area (Å²) in [6.07, 6.45) is 2.58. The molecule has 0 saturated carbocycles. The van der Waals surface area contributed by atoms with Crippen LogP contribution < -0.4 is 15.4 Å². The van der Waals surface area contributed by atoms with Gasteiger partial charge in [0.25, 0.3) is 11.8 Å². The van der Waals surface area contributed by atoms with Gasteiger partial charge in [0.15, 0.2) is 0 Å². The molecular weight excluding hydrogens is 428 g/mol. The molecule has 0 bridgehead atoms. The van der Waals surface area contributed by atoms with Gasteiger partial charge in [0.05, 0.1) is 5.56 Å². The Labute approximate surface area is 161 Å². The summed E-state index contributed by atoms with van der Waals surface area (Å²) in [5.74, 6) is -2.66. The molecule has 0 unspecified atom stereocenters. The average Bonchev–Trinajstić information content (AvgIpc) is 2.62. The predicted molar refractivity (Wildman–Crippen MR) is 101 cm³/mol. The molecule has 0 aliphatic carbocycles. The third-order valence-corrected chi connectivity index (χ3v) is 4.88. The Balaban J connectivity index is 1.84. The highest BCUT2D eigenvalue weighted by molar-refractivity contribution is 9.10. The maximum Gasteiger partial charge on any atom is 0.259 e. The Morgan fingerprint density at radius 2 is 2.04 bits per heavy atom. The molecule has 2 aromatic heterocycles. The Morgan fingerprint density at radius 3 is 2.73 bits per heavy atom. The molecule has 138 valence electrons. The number of nitrogens with two attached hydrogens (primary N) is 1. The maximum absolute atomic E-state index is 13.4. The molecule has 2 aromatic rings. The minimum absolute atomic E-state index is 0.144. The van der Waals surface area contributed by atoms with E-state index >= 15 is 0 Å². The van der Waals surface area contributed by atoms with Gasteiger partial charge in [-0.15, -0.1) is 0 Å². The largest absolute Gasteiger partial charge is 0.356 e. The number of aromatic nitrogens is 2. The van der Waals surface area contributed by atoms with Gasteiger partial charge in [0.2, 0.25) is 0 Å². The summed E-state index contributed by atoms with van der Waals surface area (Å²) >= 11 is 4.28. The lowest BCUT2D eigenvalue weighted by molar-refractivity contribution is -0.0221. The maximum atomic E-state index is 13.4. The summed E-state index contributed by atoms with van der Waals surface area (Å²) in [4.78, 5) is 22.8. The number of halogens is 3. The Kier molecular flexibility index (Phi) is 5.73. The van der Waals surface area contributed by atoms with Crippen molar-refractivity contribution in [2.24, 2.45) is 5.14 Å². The highest BCUT2D eigenvalue weighted by Crippen LogP contribution is 2.32. The standard InChI is InChI=1S/C16H16BrF2N5OS/c17-10-7-12(15(25)23-11-1-4-21-13(8-11)26-20)14(22-9-10)24-5-2-16(18,19)3-6-24/h1,4,7-9H,2-3,5-6,20H2,(H,21,23,25). The zero-order valence-corrected chi connectivity index (χ0v) is 16.0. The molecule has 1 aliphatic rings. The van der Waals surface area contributed by atoms with Gasteiger partial charge in [0, 0.05) is 48.5 Å². The van der Waals surface area contributed by atoms with Crippen LogP contribution in [0, 0.1) is 0 Å². The van der Waals surface area contributed by atoms with Gasteiger partial charge in [-0.3, -0.25) is 9.93 Å². The molecule has 3 rings (SSSR count). The van der Waals surface area contributed by atoms with E-state index in [-0.39, 0.29) is 31.8 Å². The monoisotopic (exact) mass is 443 g/mol. The average molecular weight is 444 g/mol. The van der Waals surface area contributed by atoms with Crippen LogP contribution in [0.4, 0.5) is 20.3 Å². The quantitative estimate of drug-likeness (QED) is 0.700. The molecule has 0 atom stereocenters. The second-order valence-corrected chi connectivity index (χ2v) is 7.39. The highest BCUT2D eigenvalue weighted by Gasteiger charge is 2.35. The Hall–Kier alpha value is -1.78. The number of nitrogens with zero attached hydrogens (tertiary/aromatic N) is 3. The number of alkyl halides is 2. The molecule has 1 aliphatic heterocycles. The fourth-order valence-electron chi connectivity index (χ4n) is 2.65. The van der Waals surface area contributed by atoms with Crippen LogP contribution in [0.15, 0.2) is 40.1 Å². The van der Waals surface area contributed by atoms with Gasteiger partial charge in [-0.25, -0.2) is 18.7 Å². The van der Waals surface area contributed by atoms with Crippen molar-refractivity contribution in [3.63, 3.8) is 0 Å². The number of piperidine rings is 1. The topological polar surface area (TPSA) is 84.1 Å². The summed E-state index contributed by atoms with van der Waals surface area (Å²) in [7, 11) is 0. The number of rotatable bonds is 4. The number of carbonyl (C=O) groups is 1. The van der Waals surface area contributed by atoms with Crippen molar-refractivity contribution < 1.29 is 13.6 Å². The fraction of sp³-hybridized carbons (Fsp3) is 0.312. The summed E-state index contributed by atoms with van der Waals surface area (Å²) in [6, 6.07) is 4.92. The van der Waals surface area contributed by atoms with Crippen LogP contribution in [-0.4, -0.2) is 34.9 Å². The Bertz CT molecular complexity index is 813. The van der Waals surface area contributed by atoms with Crippen LogP contribution in [0.5, 0.6) is 0 Å². The van der Waals surface area contributed by atoms with Crippen LogP contribution in [0.25, 0.3) is 0 Å². The summed E-state index contributed by atoms with van der Waals surface area (Å²) in [5.41, 5.74) is 0.845. The number of pyridine rings is 2. The number of hydrogen-bond acceptors (Lipinski definition) is 6. The van der Waals surface area contributed by atoms with E-state index in [0.29, 0.717) is 26.6 Å². The molecule has 1 saturated heterocycles. The summed E-state index contributed by atoms with van der Waals surface area (Å²) in [5, 5.41) is 8.82. The molecule has 3 heterocycles. The number of carbonyl (C=O) groups excluding carboxylic acids is 1. The van der Waals surface area contributed by atoms with Gasteiger partial charge < -0.3 is 10.2 Å². The highest BCUT2D eigenvalue weighted by atomic mass is 79.9. The van der Waals surface area contributed by atoms with Crippen molar-refractivity contribution >= 4 is 45.3 Å². The first-order valence-corrected chi connectivity index (χ1v) is 9.48. The zero-order valence-electron chi connectivity index (χ0n) is 13.6. The second-order valence-electron chi connectivity index (χ2n) is 5.82. The van der Waals surface area contributed by atoms with Crippen LogP contribution in [-0.2, 0) is 0 Å². The summed E-state index contributed by atoms with van der Waals surface area (Å²) in [6.45, 7) is 0.288. The fourth-order valence-corrected chi connectivity index (χ4v) is 3.29. The number of anilines is 2. The lowest BCUT2D eigenvalue weighted by Gasteiger charge is -2.33. The molecule has 3 N–H and O–H groups in total. The molecule has 0 radical (unpaired) electrons. The molecule has 26 heavy (non-hydrogen) atoms. The molecule has 1 amide bonds. The van der Waals surface area contributed by atoms with E-state index in [1.54, 1.807) is 29.3 Å². The van der Waals surface area contributed by atoms with E-state index in [0.717, 1.165) is 11.9 Å². The van der Waals surface area contributed by atoms with E-state index in [1.165, 1.54) is 6.20 Å². The van der Waals surface area contributed by atoms with Crippen molar-refractivity contribution in [2.75, 3.05) is 23.3 Å². The van der Waals surface area contributed by atoms with E-state index in [2.05, 4.69) is 31.2 Å². The minimum Gasteiger partial charge on any atom is -0.356 e. The van der Waals surface area contributed by atoms with Crippen LogP contribution in [0.3, 0.4) is 0 Å². The SMILES string of the molecule is NSc1cc(NC(=O)c2cc(Br)cnc2N2CCC(F)(F)CC2)ccn1. The predicted octanol–water partition coefficient (Wildman–Crippen LogP) is 3.69. The van der Waals surface area contributed by atoms with Crippen molar-refractivity contribution in [3.05, 3.63) is 40.6 Å². The third kappa shape index (κ3) is 4.49. The number of amides is 1. The van der Waals surface area contributed by atoms with Crippen molar-refractivity contribution in [1.82, 2.24) is 9.97 Å². The molecule has 0 aromatic carbocycles. The smallest absolute Gasteiger partial charge is 0.259 e. The van der Waals surface area contributed by atoms with E-state index in [4.69, 9.17) is 5.14 Å².